The summed E-state index contributed by atoms with van der Waals surface area (Å²) in [5, 5.41) is 0. The first-order valence-electron chi connectivity index (χ1n) is 5.23. The molecule has 0 saturated heterocycles. The molecule has 1 nitrogen and oxygen atoms in total. The molecular formula is C11H21N. The van der Waals surface area contributed by atoms with Gasteiger partial charge in [0.25, 0.3) is 0 Å². The van der Waals surface area contributed by atoms with E-state index in [1.54, 1.807) is 0 Å². The maximum atomic E-state index is 5.66. The zero-order valence-electron chi connectivity index (χ0n) is 8.13. The lowest BCUT2D eigenvalue weighted by atomic mass is 9.99. The second-order valence-electron chi connectivity index (χ2n) is 4.00. The summed E-state index contributed by atoms with van der Waals surface area (Å²) in [4.78, 5) is 0. The Kier molecular flexibility index (Phi) is 4.37. The lowest BCUT2D eigenvalue weighted by Crippen LogP contribution is -2.11. The molecule has 1 fully saturated rings. The average Bonchev–Trinajstić information content (AvgIpc) is 2.28. The van der Waals surface area contributed by atoms with Gasteiger partial charge in [-0.1, -0.05) is 37.8 Å². The van der Waals surface area contributed by atoms with Gasteiger partial charge in [0.2, 0.25) is 0 Å². The van der Waals surface area contributed by atoms with Crippen molar-refractivity contribution < 1.29 is 0 Å². The van der Waals surface area contributed by atoms with Crippen LogP contribution in [0.15, 0.2) is 12.2 Å². The monoisotopic (exact) mass is 167 g/mol. The third-order valence-electron chi connectivity index (χ3n) is 2.59. The minimum Gasteiger partial charge on any atom is -0.325 e. The number of hydrogen-bond acceptors (Lipinski definition) is 1. The quantitative estimate of drug-likeness (QED) is 0.496. The molecule has 0 aliphatic heterocycles. The predicted molar refractivity (Wildman–Crippen MR) is 54.0 cm³/mol. The van der Waals surface area contributed by atoms with Gasteiger partial charge in [0.1, 0.15) is 0 Å². The van der Waals surface area contributed by atoms with Crippen LogP contribution in [0.25, 0.3) is 0 Å². The molecule has 1 saturated carbocycles. The molecule has 1 heteroatoms. The zero-order valence-corrected chi connectivity index (χ0v) is 8.13. The van der Waals surface area contributed by atoms with E-state index in [9.17, 15) is 0 Å². The largest absolute Gasteiger partial charge is 0.325 e. The third-order valence-corrected chi connectivity index (χ3v) is 2.59. The van der Waals surface area contributed by atoms with E-state index in [0.717, 1.165) is 5.92 Å². The van der Waals surface area contributed by atoms with Gasteiger partial charge in [0, 0.05) is 6.04 Å². The van der Waals surface area contributed by atoms with Crippen molar-refractivity contribution in [1.82, 2.24) is 0 Å². The molecule has 2 N–H and O–H groups in total. The van der Waals surface area contributed by atoms with E-state index in [1.807, 2.05) is 6.92 Å². The van der Waals surface area contributed by atoms with Gasteiger partial charge in [-0.3, -0.25) is 0 Å². The summed E-state index contributed by atoms with van der Waals surface area (Å²) in [5.74, 6) is 0.818. The van der Waals surface area contributed by atoms with E-state index < -0.39 is 0 Å². The molecule has 0 bridgehead atoms. The minimum absolute atomic E-state index is 0.230. The lowest BCUT2D eigenvalue weighted by molar-refractivity contribution is 0.556. The number of hydrogen-bond donors (Lipinski definition) is 1. The van der Waals surface area contributed by atoms with Crippen molar-refractivity contribution in [3.63, 3.8) is 0 Å². The predicted octanol–water partition coefficient (Wildman–Crippen LogP) is 2.86. The molecule has 1 atom stereocenters. The standard InChI is InChI=1S/C11H21N/c1-10(12)8-9-11-6-4-2-3-5-7-11/h8-11H,2-7,12H2,1H3/b9-8+. The van der Waals surface area contributed by atoms with E-state index in [0.29, 0.717) is 0 Å². The van der Waals surface area contributed by atoms with Crippen molar-refractivity contribution >= 4 is 0 Å². The molecule has 0 spiro atoms. The van der Waals surface area contributed by atoms with Gasteiger partial charge in [-0.25, -0.2) is 0 Å². The fourth-order valence-electron chi connectivity index (χ4n) is 1.84. The Morgan fingerprint density at radius 1 is 1.17 bits per heavy atom. The highest BCUT2D eigenvalue weighted by Crippen LogP contribution is 2.23. The van der Waals surface area contributed by atoms with Crippen LogP contribution < -0.4 is 5.73 Å². The van der Waals surface area contributed by atoms with Crippen molar-refractivity contribution in [1.29, 1.82) is 0 Å². The molecule has 0 aromatic carbocycles. The highest BCUT2D eigenvalue weighted by atomic mass is 14.6. The van der Waals surface area contributed by atoms with Gasteiger partial charge < -0.3 is 5.73 Å². The molecule has 1 aliphatic rings. The van der Waals surface area contributed by atoms with Crippen molar-refractivity contribution in [3.05, 3.63) is 12.2 Å². The summed E-state index contributed by atoms with van der Waals surface area (Å²) in [7, 11) is 0. The van der Waals surface area contributed by atoms with Crippen LogP contribution in [-0.2, 0) is 0 Å². The van der Waals surface area contributed by atoms with E-state index >= 15 is 0 Å². The Morgan fingerprint density at radius 3 is 2.25 bits per heavy atom. The van der Waals surface area contributed by atoms with Crippen molar-refractivity contribution in [2.24, 2.45) is 11.7 Å². The SMILES string of the molecule is CC(N)/C=C/C1CCCCCC1. The summed E-state index contributed by atoms with van der Waals surface area (Å²) in [6, 6.07) is 0.230. The number of allylic oxidation sites excluding steroid dienone is 1. The van der Waals surface area contributed by atoms with Gasteiger partial charge in [-0.2, -0.15) is 0 Å². The summed E-state index contributed by atoms with van der Waals surface area (Å²) < 4.78 is 0. The number of rotatable bonds is 2. The minimum atomic E-state index is 0.230. The normalized spacial score (nSPS) is 24.2. The van der Waals surface area contributed by atoms with Crippen LogP contribution in [0, 0.1) is 5.92 Å². The Hall–Kier alpha value is -0.300. The summed E-state index contributed by atoms with van der Waals surface area (Å²) in [6.07, 6.45) is 12.9. The highest BCUT2D eigenvalue weighted by molar-refractivity contribution is 4.93. The molecule has 1 rings (SSSR count). The molecule has 12 heavy (non-hydrogen) atoms. The fourth-order valence-corrected chi connectivity index (χ4v) is 1.84. The van der Waals surface area contributed by atoms with Crippen LogP contribution in [0.2, 0.25) is 0 Å². The number of nitrogens with two attached hydrogens (primary N) is 1. The van der Waals surface area contributed by atoms with Gasteiger partial charge in [-0.05, 0) is 25.7 Å². The average molecular weight is 167 g/mol. The van der Waals surface area contributed by atoms with E-state index in [2.05, 4.69) is 12.2 Å². The molecule has 0 aromatic heterocycles. The van der Waals surface area contributed by atoms with Gasteiger partial charge in [-0.15, -0.1) is 0 Å². The summed E-state index contributed by atoms with van der Waals surface area (Å²) in [5.41, 5.74) is 5.66. The molecule has 1 aliphatic carbocycles. The van der Waals surface area contributed by atoms with E-state index in [4.69, 9.17) is 5.73 Å². The Balaban J connectivity index is 2.29. The van der Waals surface area contributed by atoms with E-state index in [1.165, 1.54) is 38.5 Å². The molecule has 1 unspecified atom stereocenters. The molecule has 0 heterocycles. The second kappa shape index (κ2) is 5.36. The molecule has 0 aromatic rings. The van der Waals surface area contributed by atoms with Gasteiger partial charge in [0.05, 0.1) is 0 Å². The topological polar surface area (TPSA) is 26.0 Å². The lowest BCUT2D eigenvalue weighted by Gasteiger charge is -2.08. The first kappa shape index (κ1) is 9.79. The third kappa shape index (κ3) is 3.91. The fraction of sp³-hybridized carbons (Fsp3) is 0.818. The van der Waals surface area contributed by atoms with Gasteiger partial charge in [0.15, 0.2) is 0 Å². The second-order valence-corrected chi connectivity index (χ2v) is 4.00. The van der Waals surface area contributed by atoms with Crippen LogP contribution in [0.3, 0.4) is 0 Å². The zero-order chi connectivity index (χ0) is 8.81. The first-order valence-corrected chi connectivity index (χ1v) is 5.23. The maximum Gasteiger partial charge on any atom is 0.0194 e. The Bertz CT molecular complexity index is 130. The Morgan fingerprint density at radius 2 is 1.75 bits per heavy atom. The molecule has 0 radical (unpaired) electrons. The van der Waals surface area contributed by atoms with Crippen LogP contribution >= 0.6 is 0 Å². The molecule has 0 amide bonds. The smallest absolute Gasteiger partial charge is 0.0194 e. The van der Waals surface area contributed by atoms with Crippen LogP contribution in [0.4, 0.5) is 0 Å². The van der Waals surface area contributed by atoms with Gasteiger partial charge >= 0.3 is 0 Å². The van der Waals surface area contributed by atoms with Crippen LogP contribution in [-0.4, -0.2) is 6.04 Å². The molecular weight excluding hydrogens is 146 g/mol. The molecule has 70 valence electrons. The highest BCUT2D eigenvalue weighted by Gasteiger charge is 2.08. The first-order chi connectivity index (χ1) is 5.79. The maximum absolute atomic E-state index is 5.66. The van der Waals surface area contributed by atoms with Crippen molar-refractivity contribution in [2.75, 3.05) is 0 Å². The van der Waals surface area contributed by atoms with Crippen molar-refractivity contribution in [2.45, 2.75) is 51.5 Å². The van der Waals surface area contributed by atoms with Crippen LogP contribution in [0.5, 0.6) is 0 Å². The summed E-state index contributed by atoms with van der Waals surface area (Å²) in [6.45, 7) is 2.03. The Labute approximate surface area is 76.0 Å². The summed E-state index contributed by atoms with van der Waals surface area (Å²) >= 11 is 0. The van der Waals surface area contributed by atoms with Crippen LogP contribution in [0.1, 0.15) is 45.4 Å². The van der Waals surface area contributed by atoms with E-state index in [-0.39, 0.29) is 6.04 Å². The van der Waals surface area contributed by atoms with Crippen molar-refractivity contribution in [3.8, 4) is 0 Å².